The average molecular weight is 328 g/mol. The van der Waals surface area contributed by atoms with Crippen molar-refractivity contribution >= 4 is 0 Å². The van der Waals surface area contributed by atoms with Crippen LogP contribution in [0.25, 0.3) is 0 Å². The fraction of sp³-hybridized carbons (Fsp3) is 0.316. The van der Waals surface area contributed by atoms with Crippen molar-refractivity contribution in [2.24, 2.45) is 0 Å². The van der Waals surface area contributed by atoms with Gasteiger partial charge in [-0.3, -0.25) is 0 Å². The number of hydrogen-bond acceptors (Lipinski definition) is 4. The highest BCUT2D eigenvalue weighted by Gasteiger charge is 2.07. The van der Waals surface area contributed by atoms with Gasteiger partial charge >= 0.3 is 0 Å². The normalized spacial score (nSPS) is 10.2. The summed E-state index contributed by atoms with van der Waals surface area (Å²) in [7, 11) is 1.61. The first-order chi connectivity index (χ1) is 11.7. The fourth-order valence-electron chi connectivity index (χ4n) is 2.25. The molecule has 0 aliphatic rings. The van der Waals surface area contributed by atoms with Gasteiger partial charge in [-0.2, -0.15) is 5.26 Å². The number of hydrogen-bond donors (Lipinski definition) is 1. The minimum Gasteiger partial charge on any atom is -0.493 e. The smallest absolute Gasteiger partial charge is 0.161 e. The maximum Gasteiger partial charge on any atom is 0.161 e. The van der Waals surface area contributed by atoms with E-state index in [1.165, 1.54) is 6.07 Å². The predicted molar refractivity (Wildman–Crippen MR) is 90.4 cm³/mol. The summed E-state index contributed by atoms with van der Waals surface area (Å²) >= 11 is 0. The van der Waals surface area contributed by atoms with E-state index in [0.717, 1.165) is 17.7 Å². The number of nitrogens with zero attached hydrogens (tertiary/aromatic N) is 1. The van der Waals surface area contributed by atoms with E-state index in [-0.39, 0.29) is 5.82 Å². The van der Waals surface area contributed by atoms with Crippen LogP contribution in [-0.4, -0.2) is 13.7 Å². The van der Waals surface area contributed by atoms with Gasteiger partial charge in [-0.15, -0.1) is 0 Å². The van der Waals surface area contributed by atoms with E-state index in [9.17, 15) is 4.39 Å². The molecule has 0 aromatic heterocycles. The topological polar surface area (TPSA) is 54.3 Å². The average Bonchev–Trinajstić information content (AvgIpc) is 2.61. The van der Waals surface area contributed by atoms with Crippen LogP contribution in [0.1, 0.15) is 30.0 Å². The highest BCUT2D eigenvalue weighted by atomic mass is 19.1. The molecule has 2 aromatic rings. The summed E-state index contributed by atoms with van der Waals surface area (Å²) in [4.78, 5) is 0. The van der Waals surface area contributed by atoms with Crippen molar-refractivity contribution in [2.45, 2.75) is 26.4 Å². The van der Waals surface area contributed by atoms with Crippen LogP contribution in [0.15, 0.2) is 36.4 Å². The van der Waals surface area contributed by atoms with Gasteiger partial charge in [0.15, 0.2) is 11.5 Å². The molecule has 2 aromatic carbocycles. The second kappa shape index (κ2) is 8.90. The van der Waals surface area contributed by atoms with Gasteiger partial charge in [0, 0.05) is 18.7 Å². The molecule has 2 rings (SSSR count). The van der Waals surface area contributed by atoms with Gasteiger partial charge in [0.2, 0.25) is 0 Å². The molecule has 0 aliphatic heterocycles. The Balaban J connectivity index is 1.96. The van der Waals surface area contributed by atoms with Gasteiger partial charge in [-0.1, -0.05) is 19.1 Å². The molecular formula is C19H21FN2O2. The lowest BCUT2D eigenvalue weighted by Gasteiger charge is -2.12. The van der Waals surface area contributed by atoms with E-state index in [0.29, 0.717) is 36.6 Å². The molecule has 0 saturated heterocycles. The molecular weight excluding hydrogens is 307 g/mol. The van der Waals surface area contributed by atoms with Crippen LogP contribution in [0.2, 0.25) is 0 Å². The lowest BCUT2D eigenvalue weighted by molar-refractivity contribution is 0.294. The van der Waals surface area contributed by atoms with Gasteiger partial charge in [0.05, 0.1) is 25.3 Å². The third-order valence-corrected chi connectivity index (χ3v) is 3.52. The zero-order chi connectivity index (χ0) is 17.4. The van der Waals surface area contributed by atoms with Crippen LogP contribution < -0.4 is 14.8 Å². The molecule has 5 heteroatoms. The fourth-order valence-corrected chi connectivity index (χ4v) is 2.25. The van der Waals surface area contributed by atoms with Crippen molar-refractivity contribution in [1.29, 1.82) is 5.26 Å². The van der Waals surface area contributed by atoms with E-state index in [2.05, 4.69) is 5.32 Å². The summed E-state index contributed by atoms with van der Waals surface area (Å²) in [5.41, 5.74) is 1.87. The summed E-state index contributed by atoms with van der Waals surface area (Å²) in [6.07, 6.45) is 0.933. The number of methoxy groups -OCH3 is 1. The summed E-state index contributed by atoms with van der Waals surface area (Å²) in [5, 5.41) is 11.9. The summed E-state index contributed by atoms with van der Waals surface area (Å²) in [6, 6.07) is 12.2. The van der Waals surface area contributed by atoms with Gasteiger partial charge in [-0.25, -0.2) is 4.39 Å². The van der Waals surface area contributed by atoms with Crippen molar-refractivity contribution < 1.29 is 13.9 Å². The second-order valence-electron chi connectivity index (χ2n) is 5.36. The van der Waals surface area contributed by atoms with Crippen molar-refractivity contribution in [1.82, 2.24) is 5.32 Å². The van der Waals surface area contributed by atoms with E-state index in [1.807, 2.05) is 31.2 Å². The van der Waals surface area contributed by atoms with E-state index < -0.39 is 0 Å². The van der Waals surface area contributed by atoms with E-state index >= 15 is 0 Å². The monoisotopic (exact) mass is 328 g/mol. The van der Waals surface area contributed by atoms with Crippen molar-refractivity contribution in [3.05, 3.63) is 58.9 Å². The third-order valence-electron chi connectivity index (χ3n) is 3.52. The molecule has 0 radical (unpaired) electrons. The van der Waals surface area contributed by atoms with Crippen LogP contribution >= 0.6 is 0 Å². The van der Waals surface area contributed by atoms with Crippen LogP contribution in [0.5, 0.6) is 11.5 Å². The van der Waals surface area contributed by atoms with Crippen LogP contribution in [0.3, 0.4) is 0 Å². The first-order valence-electron chi connectivity index (χ1n) is 7.87. The molecule has 0 aliphatic carbocycles. The van der Waals surface area contributed by atoms with Gasteiger partial charge < -0.3 is 14.8 Å². The van der Waals surface area contributed by atoms with Gasteiger partial charge in [0.1, 0.15) is 5.82 Å². The molecule has 0 amide bonds. The molecule has 0 bridgehead atoms. The Labute approximate surface area is 141 Å². The van der Waals surface area contributed by atoms with Crippen LogP contribution in [-0.2, 0) is 13.1 Å². The number of ether oxygens (including phenoxy) is 2. The zero-order valence-electron chi connectivity index (χ0n) is 13.9. The Hall–Kier alpha value is -2.58. The molecule has 24 heavy (non-hydrogen) atoms. The van der Waals surface area contributed by atoms with Crippen molar-refractivity contribution in [3.8, 4) is 17.6 Å². The number of benzene rings is 2. The molecule has 0 heterocycles. The maximum atomic E-state index is 13.8. The molecule has 0 atom stereocenters. The molecule has 0 fully saturated rings. The van der Waals surface area contributed by atoms with Crippen molar-refractivity contribution in [2.75, 3.05) is 13.7 Å². The molecule has 4 nitrogen and oxygen atoms in total. The van der Waals surface area contributed by atoms with Gasteiger partial charge in [-0.05, 0) is 36.2 Å². The third kappa shape index (κ3) is 4.71. The minimum atomic E-state index is -0.373. The maximum absolute atomic E-state index is 13.8. The molecule has 126 valence electrons. The first-order valence-corrected chi connectivity index (χ1v) is 7.87. The summed E-state index contributed by atoms with van der Waals surface area (Å²) < 4.78 is 24.8. The summed E-state index contributed by atoms with van der Waals surface area (Å²) in [6.45, 7) is 3.65. The highest BCUT2D eigenvalue weighted by Crippen LogP contribution is 2.28. The Morgan fingerprint density at radius 2 is 1.96 bits per heavy atom. The molecule has 0 spiro atoms. The van der Waals surface area contributed by atoms with E-state index in [4.69, 9.17) is 14.7 Å². The van der Waals surface area contributed by atoms with Gasteiger partial charge in [0.25, 0.3) is 0 Å². The van der Waals surface area contributed by atoms with Crippen molar-refractivity contribution in [3.63, 3.8) is 0 Å². The Morgan fingerprint density at radius 3 is 2.62 bits per heavy atom. The Kier molecular flexibility index (Phi) is 6.59. The zero-order valence-corrected chi connectivity index (χ0v) is 13.9. The minimum absolute atomic E-state index is 0.323. The number of nitriles is 1. The second-order valence-corrected chi connectivity index (χ2v) is 5.36. The quantitative estimate of drug-likeness (QED) is 0.801. The standard InChI is InChI=1S/C19H21FN2O2/c1-3-8-24-18-7-5-15(10-19(18)23-2)12-22-13-16-6-4-14(11-21)9-17(16)20/h4-7,9-10,22H,3,8,12-13H2,1-2H3. The first kappa shape index (κ1) is 17.8. The highest BCUT2D eigenvalue weighted by molar-refractivity contribution is 5.43. The Bertz CT molecular complexity index is 726. The molecule has 1 N–H and O–H groups in total. The summed E-state index contributed by atoms with van der Waals surface area (Å²) in [5.74, 6) is 1.04. The lowest BCUT2D eigenvalue weighted by Crippen LogP contribution is -2.14. The molecule has 0 saturated carbocycles. The van der Waals surface area contributed by atoms with E-state index in [1.54, 1.807) is 19.2 Å². The largest absolute Gasteiger partial charge is 0.493 e. The van der Waals surface area contributed by atoms with Crippen LogP contribution in [0.4, 0.5) is 4.39 Å². The Morgan fingerprint density at radius 1 is 1.12 bits per heavy atom. The predicted octanol–water partition coefficient (Wildman–Crippen LogP) is 3.78. The lowest BCUT2D eigenvalue weighted by atomic mass is 10.1. The number of halogens is 1. The molecule has 0 unspecified atom stereocenters. The number of rotatable bonds is 8. The SMILES string of the molecule is CCCOc1ccc(CNCc2ccc(C#N)cc2F)cc1OC. The van der Waals surface area contributed by atoms with Crippen LogP contribution in [0, 0.1) is 17.1 Å². The number of nitrogens with one attached hydrogen (secondary N) is 1.